The number of aliphatic carboxylic acids is 1. The van der Waals surface area contributed by atoms with Gasteiger partial charge in [0.2, 0.25) is 5.91 Å². The number of nitrogens with zero attached hydrogens (tertiary/aromatic N) is 2. The Morgan fingerprint density at radius 2 is 1.92 bits per heavy atom. The number of carboxylic acid groups (broad SMARTS) is 1. The second kappa shape index (κ2) is 6.65. The van der Waals surface area contributed by atoms with Crippen LogP contribution >= 0.6 is 0 Å². The van der Waals surface area contributed by atoms with E-state index in [9.17, 15) is 14.7 Å². The third kappa shape index (κ3) is 3.48. The van der Waals surface area contributed by atoms with E-state index in [1.165, 1.54) is 5.69 Å². The van der Waals surface area contributed by atoms with Crippen molar-refractivity contribution in [1.29, 1.82) is 0 Å². The number of allylic oxidation sites excluding steroid dienone is 2. The molecule has 1 heterocycles. The summed E-state index contributed by atoms with van der Waals surface area (Å²) >= 11 is 0. The van der Waals surface area contributed by atoms with Crippen LogP contribution in [0, 0.1) is 11.8 Å². The van der Waals surface area contributed by atoms with Crippen molar-refractivity contribution in [2.24, 2.45) is 11.8 Å². The first kappa shape index (κ1) is 17.7. The van der Waals surface area contributed by atoms with Gasteiger partial charge in [0.25, 0.3) is 0 Å². The van der Waals surface area contributed by atoms with Crippen molar-refractivity contribution in [2.75, 3.05) is 0 Å². The lowest BCUT2D eigenvalue weighted by Crippen LogP contribution is -2.41. The molecular weight excluding hydrogens is 318 g/mol. The Kier molecular flexibility index (Phi) is 4.71. The van der Waals surface area contributed by atoms with E-state index < -0.39 is 17.8 Å². The average Bonchev–Trinajstić information content (AvgIpc) is 3.00. The van der Waals surface area contributed by atoms with Gasteiger partial charge >= 0.3 is 5.97 Å². The molecule has 0 radical (unpaired) electrons. The van der Waals surface area contributed by atoms with Crippen LogP contribution in [0.4, 0.5) is 0 Å². The predicted octanol–water partition coefficient (Wildman–Crippen LogP) is 2.80. The zero-order valence-corrected chi connectivity index (χ0v) is 15.2. The molecule has 25 heavy (non-hydrogen) atoms. The van der Waals surface area contributed by atoms with Crippen molar-refractivity contribution < 1.29 is 14.7 Å². The molecule has 2 N–H and O–H groups in total. The van der Waals surface area contributed by atoms with E-state index in [0.717, 1.165) is 24.8 Å². The van der Waals surface area contributed by atoms with E-state index in [4.69, 9.17) is 0 Å². The lowest BCUT2D eigenvalue weighted by molar-refractivity contribution is -0.147. The topological polar surface area (TPSA) is 84.2 Å². The van der Waals surface area contributed by atoms with Crippen molar-refractivity contribution >= 4 is 11.9 Å². The van der Waals surface area contributed by atoms with Gasteiger partial charge in [0.05, 0.1) is 29.6 Å². The van der Waals surface area contributed by atoms with Gasteiger partial charge in [-0.05, 0) is 52.9 Å². The summed E-state index contributed by atoms with van der Waals surface area (Å²) in [7, 11) is 0. The second-order valence-electron chi connectivity index (χ2n) is 8.08. The monoisotopic (exact) mass is 345 g/mol. The summed E-state index contributed by atoms with van der Waals surface area (Å²) in [6.45, 7) is 6.36. The molecule has 2 aliphatic rings. The molecule has 6 heteroatoms. The first-order chi connectivity index (χ1) is 11.8. The molecule has 0 aliphatic heterocycles. The van der Waals surface area contributed by atoms with Crippen LogP contribution < -0.4 is 5.32 Å². The van der Waals surface area contributed by atoms with Crippen LogP contribution in [0.2, 0.25) is 0 Å². The molecule has 2 aliphatic carbocycles. The standard InChI is InChI=1S/C19H27N3O3/c1-19(2,3)22-16-10-6-9-15(14(16)11-20-22)21-17(23)12-7-4-5-8-13(12)18(24)25/h4-5,11-13,15H,6-10H2,1-3H3,(H,21,23)(H,24,25). The number of carbonyl (C=O) groups is 2. The number of amides is 1. The van der Waals surface area contributed by atoms with Crippen LogP contribution in [0.5, 0.6) is 0 Å². The fourth-order valence-corrected chi connectivity index (χ4v) is 3.94. The maximum Gasteiger partial charge on any atom is 0.307 e. The van der Waals surface area contributed by atoms with Crippen LogP contribution in [-0.2, 0) is 21.5 Å². The molecule has 1 aromatic rings. The molecule has 0 saturated heterocycles. The summed E-state index contributed by atoms with van der Waals surface area (Å²) in [5.41, 5.74) is 2.16. The Balaban J connectivity index is 1.79. The van der Waals surface area contributed by atoms with Gasteiger partial charge < -0.3 is 10.4 Å². The molecule has 0 bridgehead atoms. The number of hydrogen-bond donors (Lipinski definition) is 2. The average molecular weight is 345 g/mol. The van der Waals surface area contributed by atoms with Gasteiger partial charge in [-0.1, -0.05) is 12.2 Å². The summed E-state index contributed by atoms with van der Waals surface area (Å²) in [6, 6.07) is -0.0762. The van der Waals surface area contributed by atoms with Gasteiger partial charge in [-0.25, -0.2) is 0 Å². The smallest absolute Gasteiger partial charge is 0.307 e. The molecule has 1 amide bonds. The zero-order valence-electron chi connectivity index (χ0n) is 15.2. The number of aromatic nitrogens is 2. The van der Waals surface area contributed by atoms with Crippen molar-refractivity contribution in [3.63, 3.8) is 0 Å². The molecule has 3 atom stereocenters. The lowest BCUT2D eigenvalue weighted by Gasteiger charge is -2.30. The van der Waals surface area contributed by atoms with E-state index in [-0.39, 0.29) is 17.5 Å². The predicted molar refractivity (Wildman–Crippen MR) is 94.0 cm³/mol. The van der Waals surface area contributed by atoms with Crippen molar-refractivity contribution in [3.05, 3.63) is 29.6 Å². The van der Waals surface area contributed by atoms with Gasteiger partial charge in [0.15, 0.2) is 0 Å². The van der Waals surface area contributed by atoms with Crippen LogP contribution in [0.25, 0.3) is 0 Å². The fraction of sp³-hybridized carbons (Fsp3) is 0.632. The van der Waals surface area contributed by atoms with Gasteiger partial charge in [-0.2, -0.15) is 5.10 Å². The minimum atomic E-state index is -0.894. The van der Waals surface area contributed by atoms with Crippen molar-refractivity contribution in [3.8, 4) is 0 Å². The highest BCUT2D eigenvalue weighted by Gasteiger charge is 2.36. The highest BCUT2D eigenvalue weighted by Crippen LogP contribution is 2.33. The van der Waals surface area contributed by atoms with Gasteiger partial charge in [0, 0.05) is 11.3 Å². The highest BCUT2D eigenvalue weighted by atomic mass is 16.4. The Hall–Kier alpha value is -2.11. The van der Waals surface area contributed by atoms with Crippen molar-refractivity contribution in [2.45, 2.75) is 64.5 Å². The maximum absolute atomic E-state index is 12.8. The Bertz CT molecular complexity index is 699. The Labute approximate surface area is 148 Å². The number of nitrogens with one attached hydrogen (secondary N) is 1. The summed E-state index contributed by atoms with van der Waals surface area (Å²) < 4.78 is 2.05. The molecule has 0 saturated carbocycles. The molecule has 0 aromatic carbocycles. The number of hydrogen-bond acceptors (Lipinski definition) is 3. The van der Waals surface area contributed by atoms with Crippen LogP contribution in [-0.4, -0.2) is 26.8 Å². The third-order valence-corrected chi connectivity index (χ3v) is 5.22. The number of carboxylic acids is 1. The van der Waals surface area contributed by atoms with Gasteiger partial charge in [0.1, 0.15) is 0 Å². The molecule has 3 rings (SSSR count). The zero-order chi connectivity index (χ0) is 18.2. The lowest BCUT2D eigenvalue weighted by atomic mass is 9.82. The highest BCUT2D eigenvalue weighted by molar-refractivity contribution is 5.85. The first-order valence-electron chi connectivity index (χ1n) is 9.04. The van der Waals surface area contributed by atoms with Crippen molar-refractivity contribution in [1.82, 2.24) is 15.1 Å². The number of rotatable bonds is 3. The first-order valence-corrected chi connectivity index (χ1v) is 9.04. The normalized spacial score (nSPS) is 26.1. The quantitative estimate of drug-likeness (QED) is 0.825. The third-order valence-electron chi connectivity index (χ3n) is 5.22. The summed E-state index contributed by atoms with van der Waals surface area (Å²) in [5.74, 6) is -2.18. The molecule has 3 unspecified atom stereocenters. The van der Waals surface area contributed by atoms with E-state index in [2.05, 4.69) is 31.2 Å². The molecule has 0 spiro atoms. The SMILES string of the molecule is CC(C)(C)n1ncc2c1CCCC2NC(=O)C1CC=CCC1C(=O)O. The van der Waals surface area contributed by atoms with Crippen LogP contribution in [0.1, 0.15) is 63.8 Å². The number of carbonyl (C=O) groups excluding carboxylic acids is 1. The minimum absolute atomic E-state index is 0.0762. The largest absolute Gasteiger partial charge is 0.481 e. The molecule has 0 fully saturated rings. The van der Waals surface area contributed by atoms with E-state index in [1.54, 1.807) is 0 Å². The van der Waals surface area contributed by atoms with E-state index in [1.807, 2.05) is 23.0 Å². The Morgan fingerprint density at radius 3 is 2.56 bits per heavy atom. The van der Waals surface area contributed by atoms with Crippen LogP contribution in [0.15, 0.2) is 18.3 Å². The summed E-state index contributed by atoms with van der Waals surface area (Å²) in [5, 5.41) is 17.0. The van der Waals surface area contributed by atoms with Crippen LogP contribution in [0.3, 0.4) is 0 Å². The Morgan fingerprint density at radius 1 is 1.24 bits per heavy atom. The molecular formula is C19H27N3O3. The van der Waals surface area contributed by atoms with Gasteiger partial charge in [-0.15, -0.1) is 0 Å². The van der Waals surface area contributed by atoms with E-state index in [0.29, 0.717) is 12.8 Å². The molecule has 136 valence electrons. The summed E-state index contributed by atoms with van der Waals surface area (Å²) in [6.07, 6.45) is 9.36. The van der Waals surface area contributed by atoms with E-state index >= 15 is 0 Å². The second-order valence-corrected chi connectivity index (χ2v) is 8.08. The summed E-state index contributed by atoms with van der Waals surface area (Å²) in [4.78, 5) is 24.2. The maximum atomic E-state index is 12.8. The fourth-order valence-electron chi connectivity index (χ4n) is 3.94. The minimum Gasteiger partial charge on any atom is -0.481 e. The molecule has 6 nitrogen and oxygen atoms in total. The number of fused-ring (bicyclic) bond motifs is 1. The molecule has 1 aromatic heterocycles. The van der Waals surface area contributed by atoms with Gasteiger partial charge in [-0.3, -0.25) is 14.3 Å².